The van der Waals surface area contributed by atoms with Crippen LogP contribution >= 0.6 is 15.9 Å². The molecule has 1 aromatic carbocycles. The Morgan fingerprint density at radius 3 is 2.86 bits per heavy atom. The SMILES string of the molecule is CCC(C#N)Nc1cccc(C)c1Br. The first-order valence-corrected chi connectivity index (χ1v) is 5.39. The molecule has 0 heterocycles. The van der Waals surface area contributed by atoms with Crippen molar-refractivity contribution in [2.45, 2.75) is 26.3 Å². The molecule has 74 valence electrons. The van der Waals surface area contributed by atoms with E-state index in [1.54, 1.807) is 0 Å². The Morgan fingerprint density at radius 2 is 2.29 bits per heavy atom. The van der Waals surface area contributed by atoms with Gasteiger partial charge in [-0.25, -0.2) is 0 Å². The molecule has 14 heavy (non-hydrogen) atoms. The minimum Gasteiger partial charge on any atom is -0.369 e. The number of nitrogens with zero attached hydrogens (tertiary/aromatic N) is 1. The van der Waals surface area contributed by atoms with Gasteiger partial charge in [-0.05, 0) is 40.9 Å². The zero-order valence-corrected chi connectivity index (χ0v) is 9.93. The Bertz CT molecular complexity index is 355. The van der Waals surface area contributed by atoms with Crippen molar-refractivity contribution in [1.29, 1.82) is 5.26 Å². The Kier molecular flexibility index (Phi) is 3.97. The molecule has 0 radical (unpaired) electrons. The van der Waals surface area contributed by atoms with E-state index in [9.17, 15) is 0 Å². The lowest BCUT2D eigenvalue weighted by Crippen LogP contribution is -2.16. The third-order valence-corrected chi connectivity index (χ3v) is 3.14. The number of benzene rings is 1. The van der Waals surface area contributed by atoms with Gasteiger partial charge in [0.05, 0.1) is 6.07 Å². The summed E-state index contributed by atoms with van der Waals surface area (Å²) in [5.41, 5.74) is 2.15. The fourth-order valence-electron chi connectivity index (χ4n) is 1.17. The number of halogens is 1. The summed E-state index contributed by atoms with van der Waals surface area (Å²) in [6.07, 6.45) is 0.802. The van der Waals surface area contributed by atoms with Crippen molar-refractivity contribution in [3.05, 3.63) is 28.2 Å². The van der Waals surface area contributed by atoms with Crippen molar-refractivity contribution in [1.82, 2.24) is 0 Å². The third kappa shape index (κ3) is 2.49. The second-order valence-electron chi connectivity index (χ2n) is 3.17. The summed E-state index contributed by atoms with van der Waals surface area (Å²) in [6, 6.07) is 8.08. The molecule has 3 heteroatoms. The van der Waals surface area contributed by atoms with Gasteiger partial charge in [-0.1, -0.05) is 19.1 Å². The molecule has 0 aliphatic carbocycles. The summed E-state index contributed by atoms with van der Waals surface area (Å²) in [5.74, 6) is 0. The lowest BCUT2D eigenvalue weighted by molar-refractivity contribution is 0.844. The molecule has 2 nitrogen and oxygen atoms in total. The highest BCUT2D eigenvalue weighted by Gasteiger charge is 2.07. The molecule has 0 aromatic heterocycles. The molecular formula is C11H13BrN2. The van der Waals surface area contributed by atoms with Crippen molar-refractivity contribution in [2.75, 3.05) is 5.32 Å². The standard InChI is InChI=1S/C11H13BrN2/c1-3-9(7-13)14-10-6-4-5-8(2)11(10)12/h4-6,9,14H,3H2,1-2H3. The maximum absolute atomic E-state index is 8.82. The van der Waals surface area contributed by atoms with Crippen LogP contribution in [0.5, 0.6) is 0 Å². The lowest BCUT2D eigenvalue weighted by atomic mass is 10.2. The zero-order chi connectivity index (χ0) is 10.6. The van der Waals surface area contributed by atoms with Gasteiger partial charge in [0.25, 0.3) is 0 Å². The predicted molar refractivity (Wildman–Crippen MR) is 62.2 cm³/mol. The van der Waals surface area contributed by atoms with Gasteiger partial charge in [0.15, 0.2) is 0 Å². The van der Waals surface area contributed by atoms with Crippen LogP contribution in [0.2, 0.25) is 0 Å². The first-order valence-electron chi connectivity index (χ1n) is 4.60. The monoisotopic (exact) mass is 252 g/mol. The summed E-state index contributed by atoms with van der Waals surface area (Å²) in [6.45, 7) is 4.02. The molecule has 0 bridgehead atoms. The largest absolute Gasteiger partial charge is 0.369 e. The maximum atomic E-state index is 8.82. The molecule has 0 fully saturated rings. The van der Waals surface area contributed by atoms with Crippen LogP contribution in [0.1, 0.15) is 18.9 Å². The molecule has 0 amide bonds. The Labute approximate surface area is 93.1 Å². The Morgan fingerprint density at radius 1 is 1.57 bits per heavy atom. The fraction of sp³-hybridized carbons (Fsp3) is 0.364. The van der Waals surface area contributed by atoms with E-state index in [2.05, 4.69) is 27.3 Å². The summed E-state index contributed by atoms with van der Waals surface area (Å²) < 4.78 is 1.04. The summed E-state index contributed by atoms with van der Waals surface area (Å²) in [4.78, 5) is 0. The number of rotatable bonds is 3. The van der Waals surface area contributed by atoms with E-state index in [1.807, 2.05) is 32.0 Å². The molecule has 1 aromatic rings. The normalized spacial score (nSPS) is 11.9. The number of nitrogens with one attached hydrogen (secondary N) is 1. The van der Waals surface area contributed by atoms with Gasteiger partial charge in [-0.2, -0.15) is 5.26 Å². The van der Waals surface area contributed by atoms with E-state index in [0.717, 1.165) is 16.6 Å². The molecule has 1 unspecified atom stereocenters. The van der Waals surface area contributed by atoms with Crippen molar-refractivity contribution >= 4 is 21.6 Å². The number of hydrogen-bond acceptors (Lipinski definition) is 2. The Hall–Kier alpha value is -1.01. The van der Waals surface area contributed by atoms with Crippen LogP contribution in [0.4, 0.5) is 5.69 Å². The molecule has 0 saturated heterocycles. The average molecular weight is 253 g/mol. The van der Waals surface area contributed by atoms with Crippen LogP contribution in [-0.2, 0) is 0 Å². The summed E-state index contributed by atoms with van der Waals surface area (Å²) >= 11 is 3.50. The molecule has 0 aliphatic heterocycles. The van der Waals surface area contributed by atoms with Crippen molar-refractivity contribution in [3.8, 4) is 6.07 Å². The van der Waals surface area contributed by atoms with E-state index < -0.39 is 0 Å². The third-order valence-electron chi connectivity index (χ3n) is 2.09. The van der Waals surface area contributed by atoms with E-state index in [4.69, 9.17) is 5.26 Å². The minimum absolute atomic E-state index is 0.118. The second-order valence-corrected chi connectivity index (χ2v) is 3.96. The minimum atomic E-state index is -0.118. The van der Waals surface area contributed by atoms with Gasteiger partial charge in [-0.15, -0.1) is 0 Å². The smallest absolute Gasteiger partial charge is 0.114 e. The second kappa shape index (κ2) is 5.02. The molecule has 0 spiro atoms. The van der Waals surface area contributed by atoms with Crippen LogP contribution < -0.4 is 5.32 Å². The van der Waals surface area contributed by atoms with Crippen molar-refractivity contribution in [2.24, 2.45) is 0 Å². The first kappa shape index (κ1) is 11.1. The van der Waals surface area contributed by atoms with Crippen molar-refractivity contribution < 1.29 is 0 Å². The zero-order valence-electron chi connectivity index (χ0n) is 8.34. The van der Waals surface area contributed by atoms with Gasteiger partial charge in [0.2, 0.25) is 0 Å². The number of hydrogen-bond donors (Lipinski definition) is 1. The van der Waals surface area contributed by atoms with E-state index in [1.165, 1.54) is 5.56 Å². The number of nitriles is 1. The van der Waals surface area contributed by atoms with Crippen LogP contribution in [0.15, 0.2) is 22.7 Å². The molecule has 0 aliphatic rings. The summed E-state index contributed by atoms with van der Waals surface area (Å²) in [7, 11) is 0. The predicted octanol–water partition coefficient (Wildman–Crippen LogP) is 3.47. The van der Waals surface area contributed by atoms with Gasteiger partial charge in [0, 0.05) is 10.2 Å². The van der Waals surface area contributed by atoms with Crippen LogP contribution in [0.3, 0.4) is 0 Å². The lowest BCUT2D eigenvalue weighted by Gasteiger charge is -2.13. The van der Waals surface area contributed by atoms with Crippen LogP contribution in [0, 0.1) is 18.3 Å². The van der Waals surface area contributed by atoms with Crippen molar-refractivity contribution in [3.63, 3.8) is 0 Å². The quantitative estimate of drug-likeness (QED) is 0.895. The van der Waals surface area contributed by atoms with E-state index in [-0.39, 0.29) is 6.04 Å². The summed E-state index contributed by atoms with van der Waals surface area (Å²) in [5, 5.41) is 12.0. The highest BCUT2D eigenvalue weighted by Crippen LogP contribution is 2.26. The van der Waals surface area contributed by atoms with E-state index in [0.29, 0.717) is 0 Å². The molecular weight excluding hydrogens is 240 g/mol. The van der Waals surface area contributed by atoms with Gasteiger partial charge >= 0.3 is 0 Å². The maximum Gasteiger partial charge on any atom is 0.114 e. The average Bonchev–Trinajstić information content (AvgIpc) is 2.20. The number of anilines is 1. The molecule has 1 rings (SSSR count). The first-order chi connectivity index (χ1) is 6.69. The molecule has 1 N–H and O–H groups in total. The number of aryl methyl sites for hydroxylation is 1. The fourth-order valence-corrected chi connectivity index (χ4v) is 1.55. The van der Waals surface area contributed by atoms with Crippen LogP contribution in [0.25, 0.3) is 0 Å². The van der Waals surface area contributed by atoms with Gasteiger partial charge in [-0.3, -0.25) is 0 Å². The highest BCUT2D eigenvalue weighted by molar-refractivity contribution is 9.10. The Balaban J connectivity index is 2.87. The van der Waals surface area contributed by atoms with E-state index >= 15 is 0 Å². The topological polar surface area (TPSA) is 35.8 Å². The molecule has 1 atom stereocenters. The van der Waals surface area contributed by atoms with Crippen LogP contribution in [-0.4, -0.2) is 6.04 Å². The molecule has 0 saturated carbocycles. The van der Waals surface area contributed by atoms with Gasteiger partial charge < -0.3 is 5.32 Å². The highest BCUT2D eigenvalue weighted by atomic mass is 79.9. The van der Waals surface area contributed by atoms with Gasteiger partial charge in [0.1, 0.15) is 6.04 Å².